The van der Waals surface area contributed by atoms with Crippen LogP contribution in [0.25, 0.3) is 0 Å². The summed E-state index contributed by atoms with van der Waals surface area (Å²) in [5.41, 5.74) is 1.63. The van der Waals surface area contributed by atoms with Crippen LogP contribution in [0, 0.1) is 5.82 Å². The molecule has 2 aromatic carbocycles. The fourth-order valence-corrected chi connectivity index (χ4v) is 2.43. The van der Waals surface area contributed by atoms with Crippen molar-refractivity contribution in [1.29, 1.82) is 0 Å². The monoisotopic (exact) mass is 317 g/mol. The maximum atomic E-state index is 13.8. The first-order chi connectivity index (χ1) is 11.1. The predicted molar refractivity (Wildman–Crippen MR) is 90.6 cm³/mol. The van der Waals surface area contributed by atoms with Gasteiger partial charge in [0.2, 0.25) is 0 Å². The number of benzene rings is 2. The summed E-state index contributed by atoms with van der Waals surface area (Å²) in [5, 5.41) is 0. The minimum absolute atomic E-state index is 0.188. The van der Waals surface area contributed by atoms with Crippen molar-refractivity contribution >= 4 is 0 Å². The number of halogens is 1. The van der Waals surface area contributed by atoms with Crippen LogP contribution in [0.3, 0.4) is 0 Å². The van der Waals surface area contributed by atoms with Crippen molar-refractivity contribution in [3.63, 3.8) is 0 Å². The maximum absolute atomic E-state index is 13.8. The summed E-state index contributed by atoms with van der Waals surface area (Å²) in [6.45, 7) is 1.19. The first-order valence-electron chi connectivity index (χ1n) is 7.78. The Morgan fingerprint density at radius 3 is 2.43 bits per heavy atom. The first-order valence-corrected chi connectivity index (χ1v) is 7.78. The van der Waals surface area contributed by atoms with Gasteiger partial charge in [-0.3, -0.25) is 0 Å². The molecule has 0 radical (unpaired) electrons. The van der Waals surface area contributed by atoms with Crippen LogP contribution in [0.4, 0.5) is 4.39 Å². The molecule has 0 saturated heterocycles. The number of hydrogen-bond donors (Lipinski definition) is 0. The third kappa shape index (κ3) is 4.96. The highest BCUT2D eigenvalue weighted by Gasteiger charge is 2.12. The molecule has 124 valence electrons. The number of nitrogens with zero attached hydrogens (tertiary/aromatic N) is 1. The van der Waals surface area contributed by atoms with Crippen LogP contribution in [0.2, 0.25) is 0 Å². The average Bonchev–Trinajstić information content (AvgIpc) is 2.54. The molecule has 0 aliphatic rings. The molecule has 0 unspecified atom stereocenters. The van der Waals surface area contributed by atoms with Gasteiger partial charge in [-0.05, 0) is 51.2 Å². The van der Waals surface area contributed by atoms with E-state index in [1.54, 1.807) is 19.2 Å². The van der Waals surface area contributed by atoms with E-state index >= 15 is 0 Å². The number of methoxy groups -OCH3 is 1. The summed E-state index contributed by atoms with van der Waals surface area (Å²) in [6, 6.07) is 12.5. The summed E-state index contributed by atoms with van der Waals surface area (Å²) in [7, 11) is 5.73. The fourth-order valence-electron chi connectivity index (χ4n) is 2.43. The van der Waals surface area contributed by atoms with E-state index in [-0.39, 0.29) is 12.4 Å². The molecule has 0 spiro atoms. The van der Waals surface area contributed by atoms with Gasteiger partial charge in [0.15, 0.2) is 11.5 Å². The second-order valence-corrected chi connectivity index (χ2v) is 5.74. The Morgan fingerprint density at radius 2 is 1.74 bits per heavy atom. The van der Waals surface area contributed by atoms with Gasteiger partial charge in [0, 0.05) is 5.56 Å². The molecule has 23 heavy (non-hydrogen) atoms. The van der Waals surface area contributed by atoms with Crippen molar-refractivity contribution in [2.75, 3.05) is 27.7 Å². The van der Waals surface area contributed by atoms with Gasteiger partial charge in [0.1, 0.15) is 12.4 Å². The molecule has 0 amide bonds. The maximum Gasteiger partial charge on any atom is 0.164 e. The van der Waals surface area contributed by atoms with E-state index in [1.807, 2.05) is 24.3 Å². The van der Waals surface area contributed by atoms with Gasteiger partial charge in [-0.15, -0.1) is 0 Å². The highest BCUT2D eigenvalue weighted by Crippen LogP contribution is 2.32. The Kier molecular flexibility index (Phi) is 6.41. The van der Waals surface area contributed by atoms with Crippen LogP contribution < -0.4 is 9.47 Å². The number of hydrogen-bond acceptors (Lipinski definition) is 3. The van der Waals surface area contributed by atoms with Crippen LogP contribution in [0.15, 0.2) is 42.5 Å². The molecule has 0 aromatic heterocycles. The van der Waals surface area contributed by atoms with Gasteiger partial charge in [0.25, 0.3) is 0 Å². The Bertz CT molecular complexity index is 629. The Balaban J connectivity index is 2.13. The molecule has 0 bridgehead atoms. The highest BCUT2D eigenvalue weighted by molar-refractivity contribution is 5.46. The van der Waals surface area contributed by atoms with Gasteiger partial charge in [-0.2, -0.15) is 0 Å². The molecule has 0 aliphatic heterocycles. The van der Waals surface area contributed by atoms with Gasteiger partial charge < -0.3 is 14.4 Å². The summed E-state index contributed by atoms with van der Waals surface area (Å²) in [6.07, 6.45) is 1.91. The van der Waals surface area contributed by atoms with E-state index in [0.717, 1.165) is 24.9 Å². The normalized spacial score (nSPS) is 10.8. The minimum atomic E-state index is -0.253. The van der Waals surface area contributed by atoms with Crippen molar-refractivity contribution in [3.8, 4) is 11.5 Å². The Hall–Kier alpha value is -2.07. The first kappa shape index (κ1) is 17.3. The van der Waals surface area contributed by atoms with Crippen LogP contribution in [0.1, 0.15) is 17.5 Å². The highest BCUT2D eigenvalue weighted by atomic mass is 19.1. The van der Waals surface area contributed by atoms with Gasteiger partial charge in [0.05, 0.1) is 7.11 Å². The summed E-state index contributed by atoms with van der Waals surface area (Å²) >= 11 is 0. The average molecular weight is 317 g/mol. The van der Waals surface area contributed by atoms with E-state index in [9.17, 15) is 4.39 Å². The van der Waals surface area contributed by atoms with Gasteiger partial charge in [-0.1, -0.05) is 30.3 Å². The zero-order valence-corrected chi connectivity index (χ0v) is 14.0. The summed E-state index contributed by atoms with van der Waals surface area (Å²) in [5.74, 6) is 1.14. The SMILES string of the molecule is COc1cccc(CCCN(C)C)c1OCc1ccccc1F. The number of aryl methyl sites for hydroxylation is 1. The lowest BCUT2D eigenvalue weighted by Crippen LogP contribution is -2.13. The number of ether oxygens (including phenoxy) is 2. The van der Waals surface area contributed by atoms with Crippen molar-refractivity contribution in [3.05, 3.63) is 59.4 Å². The van der Waals surface area contributed by atoms with Crippen LogP contribution >= 0.6 is 0 Å². The third-order valence-electron chi connectivity index (χ3n) is 3.66. The molecule has 0 atom stereocenters. The lowest BCUT2D eigenvalue weighted by molar-refractivity contribution is 0.276. The quantitative estimate of drug-likeness (QED) is 0.737. The largest absolute Gasteiger partial charge is 0.493 e. The molecule has 0 N–H and O–H groups in total. The van der Waals surface area contributed by atoms with E-state index < -0.39 is 0 Å². The molecule has 0 heterocycles. The molecule has 0 fully saturated rings. The summed E-state index contributed by atoms with van der Waals surface area (Å²) in [4.78, 5) is 2.15. The zero-order valence-electron chi connectivity index (χ0n) is 14.0. The lowest BCUT2D eigenvalue weighted by Gasteiger charge is -2.16. The predicted octanol–water partition coefficient (Wildman–Crippen LogP) is 3.91. The Morgan fingerprint density at radius 1 is 1.00 bits per heavy atom. The molecule has 2 aromatic rings. The van der Waals surface area contributed by atoms with Crippen LogP contribution in [-0.2, 0) is 13.0 Å². The topological polar surface area (TPSA) is 21.7 Å². The van der Waals surface area contributed by atoms with Crippen LogP contribution in [-0.4, -0.2) is 32.6 Å². The number of rotatable bonds is 8. The lowest BCUT2D eigenvalue weighted by atomic mass is 10.1. The summed E-state index contributed by atoms with van der Waals surface area (Å²) < 4.78 is 25.1. The molecule has 0 saturated carbocycles. The number of para-hydroxylation sites is 1. The van der Waals surface area contributed by atoms with Crippen LogP contribution in [0.5, 0.6) is 11.5 Å². The molecule has 0 aliphatic carbocycles. The van der Waals surface area contributed by atoms with Crippen molar-refractivity contribution in [2.24, 2.45) is 0 Å². The molecular weight excluding hydrogens is 293 g/mol. The molecule has 3 nitrogen and oxygen atoms in total. The van der Waals surface area contributed by atoms with Crippen molar-refractivity contribution in [1.82, 2.24) is 4.90 Å². The third-order valence-corrected chi connectivity index (χ3v) is 3.66. The van der Waals surface area contributed by atoms with E-state index in [4.69, 9.17) is 9.47 Å². The van der Waals surface area contributed by atoms with Gasteiger partial charge in [-0.25, -0.2) is 4.39 Å². The zero-order chi connectivity index (χ0) is 16.7. The molecule has 4 heteroatoms. The second-order valence-electron chi connectivity index (χ2n) is 5.74. The standard InChI is InChI=1S/C19H24FNO2/c1-21(2)13-7-10-15-9-6-12-18(22-3)19(15)23-14-16-8-4-5-11-17(16)20/h4-6,8-9,11-12H,7,10,13-14H2,1-3H3. The smallest absolute Gasteiger partial charge is 0.164 e. The van der Waals surface area contributed by atoms with E-state index in [0.29, 0.717) is 17.1 Å². The van der Waals surface area contributed by atoms with E-state index in [1.165, 1.54) is 6.07 Å². The molecule has 2 rings (SSSR count). The second kappa shape index (κ2) is 8.53. The molecular formula is C19H24FNO2. The van der Waals surface area contributed by atoms with Crippen molar-refractivity contribution in [2.45, 2.75) is 19.4 Å². The van der Waals surface area contributed by atoms with Gasteiger partial charge >= 0.3 is 0 Å². The fraction of sp³-hybridized carbons (Fsp3) is 0.368. The van der Waals surface area contributed by atoms with Crippen molar-refractivity contribution < 1.29 is 13.9 Å². The van der Waals surface area contributed by atoms with E-state index in [2.05, 4.69) is 19.0 Å². The Labute approximate surface area is 137 Å². The minimum Gasteiger partial charge on any atom is -0.493 e.